The second kappa shape index (κ2) is 29.7. The van der Waals surface area contributed by atoms with Crippen molar-refractivity contribution in [1.82, 2.24) is 34.9 Å². The van der Waals surface area contributed by atoms with Gasteiger partial charge in [-0.05, 0) is 181 Å². The van der Waals surface area contributed by atoms with Gasteiger partial charge >= 0.3 is 0 Å². The van der Waals surface area contributed by atoms with E-state index in [1.54, 1.807) is 0 Å². The minimum Gasteiger partial charge on any atom is -0.310 e. The van der Waals surface area contributed by atoms with Gasteiger partial charge in [0.25, 0.3) is 0 Å². The van der Waals surface area contributed by atoms with Gasteiger partial charge in [-0.15, -0.1) is 0 Å². The summed E-state index contributed by atoms with van der Waals surface area (Å²) >= 11 is 0. The van der Waals surface area contributed by atoms with Gasteiger partial charge in [0, 0.05) is 82.6 Å². The highest BCUT2D eigenvalue weighted by Crippen LogP contribution is 2.67. The van der Waals surface area contributed by atoms with Crippen LogP contribution >= 0.6 is 0 Å². The minimum atomic E-state index is -0.601. The number of rotatable bonds is 9. The number of para-hydroxylation sites is 4. The van der Waals surface area contributed by atoms with Gasteiger partial charge in [0.2, 0.25) is 0 Å². The third-order valence-corrected chi connectivity index (χ3v) is 27.1. The van der Waals surface area contributed by atoms with Crippen LogP contribution in [0.15, 0.2) is 455 Å². The van der Waals surface area contributed by atoms with Crippen molar-refractivity contribution >= 4 is 99.3 Å². The maximum absolute atomic E-state index is 5.57. The Balaban J connectivity index is 0.000000137. The van der Waals surface area contributed by atoms with E-state index < -0.39 is 10.8 Å². The first-order chi connectivity index (χ1) is 64.5. The smallest absolute Gasteiger partial charge is 0.164 e. The highest BCUT2D eigenvalue weighted by atomic mass is 15.2. The van der Waals surface area contributed by atoms with Crippen molar-refractivity contribution in [3.63, 3.8) is 0 Å². The number of pyridine rings is 4. The van der Waals surface area contributed by atoms with Gasteiger partial charge < -0.3 is 9.80 Å². The van der Waals surface area contributed by atoms with E-state index in [0.29, 0.717) is 17.5 Å². The first-order valence-corrected chi connectivity index (χ1v) is 44.3. The molecular formula is C121H75N9. The second-order valence-corrected chi connectivity index (χ2v) is 34.0. The fourth-order valence-electron chi connectivity index (χ4n) is 21.5. The molecule has 2 spiro atoms. The zero-order valence-corrected chi connectivity index (χ0v) is 70.3. The molecule has 130 heavy (non-hydrogen) atoms. The van der Waals surface area contributed by atoms with Gasteiger partial charge in [-0.3, -0.25) is 0 Å². The van der Waals surface area contributed by atoms with Gasteiger partial charge in [-0.1, -0.05) is 352 Å². The number of hydrogen-bond acceptors (Lipinski definition) is 9. The standard InChI is InChI=1S/C62H38N4.C59H37N5/c1-4-16-39(17-5-1)54-33-30-41-28-29-42-31-34-55(64-61(42)60(41)63-54)43-32-35-56-48(36-43)47-38-58-53(37-49(47)59(65-56)40-18-6-2-7-19-40)62(50-24-12-10-22-45(50)46-23-11-13-25-51(46)62)52-26-14-15-27-57(52)66(58)44-20-8-3-9-21-44;1-5-19-38(20-6-1)55-47-36-51-54(64(42-25-11-4-12-26-42)53-32-18-17-31-50(53)59(51)48-29-15-13-27-43(48)44-28-14-16-30-49(44)59)37-45(47)46-35-41(33-34-52(46)60-55)58-62-56(39-21-7-2-8-22-39)61-57(63-58)40-23-9-3-10-24-40/h1-38H;1-37H. The summed E-state index contributed by atoms with van der Waals surface area (Å²) in [5.74, 6) is 1.85. The van der Waals surface area contributed by atoms with Crippen LogP contribution in [0.4, 0.5) is 34.1 Å². The van der Waals surface area contributed by atoms with Crippen molar-refractivity contribution in [3.8, 4) is 101 Å². The van der Waals surface area contributed by atoms with Gasteiger partial charge in [-0.2, -0.15) is 0 Å². The number of aromatic nitrogens is 7. The van der Waals surface area contributed by atoms with E-state index in [1.165, 1.54) is 72.4 Å². The van der Waals surface area contributed by atoms with E-state index in [2.05, 4.69) is 398 Å². The van der Waals surface area contributed by atoms with Gasteiger partial charge in [0.15, 0.2) is 17.5 Å². The van der Waals surface area contributed by atoms with E-state index in [4.69, 9.17) is 34.9 Å². The number of hydrogen-bond donors (Lipinski definition) is 0. The van der Waals surface area contributed by atoms with Crippen molar-refractivity contribution in [3.05, 3.63) is 499 Å². The molecular weight excluding hydrogens is 1580 g/mol. The Bertz CT molecular complexity index is 8400. The van der Waals surface area contributed by atoms with E-state index in [1.807, 2.05) is 66.7 Å². The van der Waals surface area contributed by atoms with Crippen LogP contribution in [-0.2, 0) is 10.8 Å². The van der Waals surface area contributed by atoms with Crippen molar-refractivity contribution in [2.24, 2.45) is 0 Å². The number of anilines is 6. The summed E-state index contributed by atoms with van der Waals surface area (Å²) in [6.45, 7) is 0. The highest BCUT2D eigenvalue weighted by Gasteiger charge is 2.54. The van der Waals surface area contributed by atoms with Crippen molar-refractivity contribution in [2.75, 3.05) is 9.80 Å². The molecule has 0 saturated carbocycles. The minimum absolute atomic E-state index is 0.588. The second-order valence-electron chi connectivity index (χ2n) is 34.0. The molecule has 9 nitrogen and oxygen atoms in total. The summed E-state index contributed by atoms with van der Waals surface area (Å²) in [5, 5.41) is 8.63. The molecule has 0 bridgehead atoms. The SMILES string of the molecule is c1ccc(-c2ccc3ccc4ccc(-c5ccc6nc(-c7ccccc7)c7cc8c(cc7c6c5)N(c5ccccc5)c5ccccc5C85c6ccccc6-c6ccccc65)nc4c3n2)cc1.c1ccc(-c2nc(-c3ccccc3)nc(-c3ccc4nc(-c5ccccc5)c5cc6c(cc5c4c3)N(c3ccccc3)c3ccccc3C63c4ccccc4-c4ccccc43)n2)cc1. The fraction of sp³-hybridized carbons (Fsp3) is 0.0165. The third kappa shape index (κ3) is 11.4. The summed E-state index contributed by atoms with van der Waals surface area (Å²) < 4.78 is 0. The topological polar surface area (TPSA) is 96.7 Å². The molecule has 0 amide bonds. The molecule has 604 valence electrons. The van der Waals surface area contributed by atoms with E-state index in [9.17, 15) is 0 Å². The largest absolute Gasteiger partial charge is 0.310 e. The third-order valence-electron chi connectivity index (χ3n) is 27.1. The van der Waals surface area contributed by atoms with Crippen LogP contribution < -0.4 is 9.80 Å². The highest BCUT2D eigenvalue weighted by molar-refractivity contribution is 6.17. The van der Waals surface area contributed by atoms with Crippen molar-refractivity contribution in [1.29, 1.82) is 0 Å². The number of fused-ring (bicyclic) bond motifs is 27. The molecule has 0 radical (unpaired) electrons. The molecule has 23 aromatic rings. The van der Waals surface area contributed by atoms with Crippen LogP contribution in [0.2, 0.25) is 0 Å². The summed E-state index contributed by atoms with van der Waals surface area (Å²) in [5.41, 5.74) is 35.1. The van der Waals surface area contributed by atoms with E-state index >= 15 is 0 Å². The zero-order chi connectivity index (χ0) is 85.5. The van der Waals surface area contributed by atoms with Crippen LogP contribution in [0.3, 0.4) is 0 Å². The van der Waals surface area contributed by atoms with E-state index in [-0.39, 0.29) is 0 Å². The van der Waals surface area contributed by atoms with Crippen LogP contribution in [0, 0.1) is 0 Å². The maximum Gasteiger partial charge on any atom is 0.164 e. The van der Waals surface area contributed by atoms with Gasteiger partial charge in [0.1, 0.15) is 0 Å². The Morgan fingerprint density at radius 1 is 0.177 bits per heavy atom. The predicted molar refractivity (Wildman–Crippen MR) is 532 cm³/mol. The average Bonchev–Trinajstić information content (AvgIpc) is 1.44. The first-order valence-electron chi connectivity index (χ1n) is 44.3. The lowest BCUT2D eigenvalue weighted by Gasteiger charge is -2.45. The van der Waals surface area contributed by atoms with E-state index in [0.717, 1.165) is 155 Å². The summed E-state index contributed by atoms with van der Waals surface area (Å²) in [4.78, 5) is 41.9. The fourth-order valence-corrected chi connectivity index (χ4v) is 21.5. The Morgan fingerprint density at radius 2 is 0.485 bits per heavy atom. The quantitative estimate of drug-likeness (QED) is 0.131. The van der Waals surface area contributed by atoms with Gasteiger partial charge in [-0.25, -0.2) is 34.9 Å². The number of benzene rings is 18. The maximum atomic E-state index is 5.57. The van der Waals surface area contributed by atoms with Crippen molar-refractivity contribution < 1.29 is 0 Å². The monoisotopic (exact) mass is 1650 g/mol. The summed E-state index contributed by atoms with van der Waals surface area (Å²) in [6, 6.07) is 163. The summed E-state index contributed by atoms with van der Waals surface area (Å²) in [6.07, 6.45) is 0. The lowest BCUT2D eigenvalue weighted by atomic mass is 9.64. The average molecular weight is 1650 g/mol. The predicted octanol–water partition coefficient (Wildman–Crippen LogP) is 30.0. The first kappa shape index (κ1) is 74.2. The molecule has 0 saturated heterocycles. The zero-order valence-electron chi connectivity index (χ0n) is 70.3. The molecule has 2 aliphatic heterocycles. The molecule has 27 rings (SSSR count). The van der Waals surface area contributed by atoms with Crippen molar-refractivity contribution in [2.45, 2.75) is 10.8 Å². The number of nitrogens with zero attached hydrogens (tertiary/aromatic N) is 9. The molecule has 9 heteroatoms. The lowest BCUT2D eigenvalue weighted by Crippen LogP contribution is -2.36. The molecule has 0 fully saturated rings. The van der Waals surface area contributed by atoms with Crippen LogP contribution in [0.25, 0.3) is 167 Å². The van der Waals surface area contributed by atoms with Crippen LogP contribution in [0.5, 0.6) is 0 Å². The van der Waals surface area contributed by atoms with Crippen LogP contribution in [0.1, 0.15) is 44.5 Å². The Labute approximate surface area is 750 Å². The Morgan fingerprint density at radius 3 is 0.885 bits per heavy atom. The molecule has 5 aromatic heterocycles. The molecule has 0 unspecified atom stereocenters. The molecule has 2 aliphatic carbocycles. The Hall–Kier alpha value is -17.3. The molecule has 0 N–H and O–H groups in total. The Kier molecular flexibility index (Phi) is 17.0. The lowest BCUT2D eigenvalue weighted by molar-refractivity contribution is 0.754. The molecule has 18 aromatic carbocycles. The molecule has 7 heterocycles. The summed E-state index contributed by atoms with van der Waals surface area (Å²) in [7, 11) is 0. The molecule has 0 atom stereocenters. The normalized spacial score (nSPS) is 13.2. The van der Waals surface area contributed by atoms with Gasteiger partial charge in [0.05, 0.1) is 78.4 Å². The molecule has 4 aliphatic rings. The van der Waals surface area contributed by atoms with Crippen LogP contribution in [-0.4, -0.2) is 34.9 Å².